The molecule has 7 heteroatoms. The number of ketones is 1. The van der Waals surface area contributed by atoms with Crippen LogP contribution in [0.1, 0.15) is 32.7 Å². The zero-order valence-electron chi connectivity index (χ0n) is 18.1. The van der Waals surface area contributed by atoms with Gasteiger partial charge in [0.25, 0.3) is 0 Å². The summed E-state index contributed by atoms with van der Waals surface area (Å²) in [5.41, 5.74) is 11.7. The van der Waals surface area contributed by atoms with E-state index >= 15 is 0 Å². The van der Waals surface area contributed by atoms with Gasteiger partial charge < -0.3 is 10.5 Å². The minimum absolute atomic E-state index is 0.0462. The molecule has 0 atom stereocenters. The van der Waals surface area contributed by atoms with Gasteiger partial charge in [-0.15, -0.1) is 0 Å². The van der Waals surface area contributed by atoms with Crippen molar-refractivity contribution in [2.75, 3.05) is 5.43 Å². The number of para-hydroxylation sites is 1. The first-order chi connectivity index (χ1) is 16.0. The summed E-state index contributed by atoms with van der Waals surface area (Å²) < 4.78 is 6.89. The molecule has 33 heavy (non-hydrogen) atoms. The number of ether oxygens (including phenoxy) is 1. The minimum atomic E-state index is -0.730. The molecule has 0 aliphatic rings. The third kappa shape index (κ3) is 4.62. The van der Waals surface area contributed by atoms with E-state index in [1.165, 1.54) is 4.68 Å². The van der Waals surface area contributed by atoms with Crippen molar-refractivity contribution in [2.45, 2.75) is 20.0 Å². The zero-order chi connectivity index (χ0) is 23.4. The van der Waals surface area contributed by atoms with Crippen molar-refractivity contribution in [3.63, 3.8) is 0 Å². The lowest BCUT2D eigenvalue weighted by Gasteiger charge is -2.14. The SMILES string of the molecule is Cc1c(C(=O)c2ccccc2)n(NC(=O)OCc2ccccc2CC(N)=O)c2ccccc12. The maximum Gasteiger partial charge on any atom is 0.426 e. The van der Waals surface area contributed by atoms with Crippen LogP contribution in [-0.2, 0) is 22.6 Å². The molecule has 0 unspecified atom stereocenters. The van der Waals surface area contributed by atoms with Gasteiger partial charge >= 0.3 is 6.09 Å². The third-order valence-electron chi connectivity index (χ3n) is 5.42. The Balaban J connectivity index is 1.62. The first-order valence-electron chi connectivity index (χ1n) is 10.4. The molecular weight excluding hydrogens is 418 g/mol. The van der Waals surface area contributed by atoms with Crippen LogP contribution in [0.3, 0.4) is 0 Å². The van der Waals surface area contributed by atoms with E-state index in [2.05, 4.69) is 5.43 Å². The number of aryl methyl sites for hydroxylation is 1. The Hall–Kier alpha value is -4.39. The molecule has 0 spiro atoms. The second-order valence-electron chi connectivity index (χ2n) is 7.62. The van der Waals surface area contributed by atoms with Gasteiger partial charge in [0.05, 0.1) is 11.9 Å². The van der Waals surface area contributed by atoms with E-state index in [0.717, 1.165) is 10.9 Å². The topological polar surface area (TPSA) is 103 Å². The zero-order valence-corrected chi connectivity index (χ0v) is 18.1. The molecule has 1 aromatic heterocycles. The summed E-state index contributed by atoms with van der Waals surface area (Å²) in [7, 11) is 0. The molecule has 0 aliphatic heterocycles. The van der Waals surface area contributed by atoms with Crippen LogP contribution in [-0.4, -0.2) is 22.5 Å². The van der Waals surface area contributed by atoms with Crippen LogP contribution in [0.15, 0.2) is 78.9 Å². The van der Waals surface area contributed by atoms with Gasteiger partial charge in [-0.2, -0.15) is 0 Å². The number of nitrogens with zero attached hydrogens (tertiary/aromatic N) is 1. The van der Waals surface area contributed by atoms with E-state index in [1.807, 2.05) is 37.3 Å². The van der Waals surface area contributed by atoms with E-state index in [0.29, 0.717) is 27.9 Å². The summed E-state index contributed by atoms with van der Waals surface area (Å²) in [6.45, 7) is 1.80. The molecule has 0 aliphatic carbocycles. The number of amides is 2. The number of nitrogens with one attached hydrogen (secondary N) is 1. The number of primary amides is 1. The monoisotopic (exact) mass is 441 g/mol. The molecular formula is C26H23N3O4. The lowest BCUT2D eigenvalue weighted by Crippen LogP contribution is -2.27. The third-order valence-corrected chi connectivity index (χ3v) is 5.42. The summed E-state index contributed by atoms with van der Waals surface area (Å²) in [6, 6.07) is 23.4. The summed E-state index contributed by atoms with van der Waals surface area (Å²) in [4.78, 5) is 37.3. The van der Waals surface area contributed by atoms with Crippen molar-refractivity contribution in [1.29, 1.82) is 0 Å². The highest BCUT2D eigenvalue weighted by Gasteiger charge is 2.23. The number of aromatic nitrogens is 1. The molecule has 4 rings (SSSR count). The van der Waals surface area contributed by atoms with Gasteiger partial charge in [-0.1, -0.05) is 72.8 Å². The van der Waals surface area contributed by atoms with E-state index in [-0.39, 0.29) is 18.8 Å². The highest BCUT2D eigenvalue weighted by Crippen LogP contribution is 2.26. The van der Waals surface area contributed by atoms with Crippen molar-refractivity contribution in [2.24, 2.45) is 5.73 Å². The van der Waals surface area contributed by atoms with Crippen molar-refractivity contribution >= 4 is 28.7 Å². The fraction of sp³-hybridized carbons (Fsp3) is 0.115. The van der Waals surface area contributed by atoms with Crippen molar-refractivity contribution in [3.8, 4) is 0 Å². The van der Waals surface area contributed by atoms with Crippen LogP contribution in [0.4, 0.5) is 4.79 Å². The average molecular weight is 441 g/mol. The number of fused-ring (bicyclic) bond motifs is 1. The Bertz CT molecular complexity index is 1340. The normalized spacial score (nSPS) is 10.7. The van der Waals surface area contributed by atoms with Crippen LogP contribution in [0.2, 0.25) is 0 Å². The van der Waals surface area contributed by atoms with Crippen LogP contribution < -0.4 is 11.2 Å². The van der Waals surface area contributed by atoms with E-state index in [1.54, 1.807) is 48.5 Å². The molecule has 0 fully saturated rings. The lowest BCUT2D eigenvalue weighted by molar-refractivity contribution is -0.117. The molecule has 0 saturated heterocycles. The Morgan fingerprint density at radius 1 is 0.879 bits per heavy atom. The molecule has 0 bridgehead atoms. The van der Waals surface area contributed by atoms with Gasteiger partial charge in [-0.25, -0.2) is 14.9 Å². The summed E-state index contributed by atoms with van der Waals surface area (Å²) >= 11 is 0. The molecule has 0 radical (unpaired) electrons. The smallest absolute Gasteiger partial charge is 0.426 e. The second-order valence-corrected chi connectivity index (χ2v) is 7.62. The maximum atomic E-state index is 13.3. The second kappa shape index (κ2) is 9.40. The number of carbonyl (C=O) groups excluding carboxylic acids is 3. The van der Waals surface area contributed by atoms with Gasteiger partial charge in [0, 0.05) is 10.9 Å². The molecule has 2 amide bonds. The summed E-state index contributed by atoms with van der Waals surface area (Å²) in [5.74, 6) is -0.679. The lowest BCUT2D eigenvalue weighted by atomic mass is 10.0. The molecule has 0 saturated carbocycles. The van der Waals surface area contributed by atoms with Gasteiger partial charge in [-0.3, -0.25) is 9.59 Å². The number of carbonyl (C=O) groups is 3. The predicted octanol–water partition coefficient (Wildman–Crippen LogP) is 4.09. The molecule has 3 aromatic carbocycles. The van der Waals surface area contributed by atoms with Crippen molar-refractivity contribution in [3.05, 3.63) is 107 Å². The van der Waals surface area contributed by atoms with Crippen LogP contribution in [0.5, 0.6) is 0 Å². The van der Waals surface area contributed by atoms with E-state index in [9.17, 15) is 14.4 Å². The Kier molecular flexibility index (Phi) is 6.22. The van der Waals surface area contributed by atoms with Crippen LogP contribution in [0, 0.1) is 6.92 Å². The van der Waals surface area contributed by atoms with E-state index < -0.39 is 12.0 Å². The van der Waals surface area contributed by atoms with Gasteiger partial charge in [-0.05, 0) is 29.7 Å². The molecule has 7 nitrogen and oxygen atoms in total. The van der Waals surface area contributed by atoms with E-state index in [4.69, 9.17) is 10.5 Å². The molecule has 3 N–H and O–H groups in total. The predicted molar refractivity (Wildman–Crippen MR) is 125 cm³/mol. The molecule has 4 aromatic rings. The van der Waals surface area contributed by atoms with Crippen LogP contribution in [0.25, 0.3) is 10.9 Å². The summed E-state index contributed by atoms with van der Waals surface area (Å²) in [5, 5.41) is 0.851. The fourth-order valence-electron chi connectivity index (χ4n) is 3.84. The van der Waals surface area contributed by atoms with Crippen molar-refractivity contribution < 1.29 is 19.1 Å². The Labute approximate surface area is 190 Å². The van der Waals surface area contributed by atoms with Crippen LogP contribution >= 0.6 is 0 Å². The highest BCUT2D eigenvalue weighted by atomic mass is 16.6. The maximum absolute atomic E-state index is 13.3. The quantitative estimate of drug-likeness (QED) is 0.422. The highest BCUT2D eigenvalue weighted by molar-refractivity contribution is 6.12. The Morgan fingerprint density at radius 2 is 1.52 bits per heavy atom. The first kappa shape index (κ1) is 21.8. The average Bonchev–Trinajstić information content (AvgIpc) is 3.10. The first-order valence-corrected chi connectivity index (χ1v) is 10.4. The molecule has 1 heterocycles. The standard InChI is InChI=1S/C26H23N3O4/c1-17-21-13-7-8-14-22(21)29(24(17)25(31)18-9-3-2-4-10-18)28-26(32)33-16-20-12-6-5-11-19(20)15-23(27)30/h2-14H,15-16H2,1H3,(H2,27,30)(H,28,32). The van der Waals surface area contributed by atoms with Gasteiger partial charge in [0.15, 0.2) is 0 Å². The largest absolute Gasteiger partial charge is 0.443 e. The van der Waals surface area contributed by atoms with Gasteiger partial charge in [0.1, 0.15) is 12.3 Å². The number of rotatable bonds is 7. The van der Waals surface area contributed by atoms with Crippen molar-refractivity contribution in [1.82, 2.24) is 4.68 Å². The minimum Gasteiger partial charge on any atom is -0.443 e. The summed E-state index contributed by atoms with van der Waals surface area (Å²) in [6.07, 6.45) is -0.676. The number of benzene rings is 3. The fourth-order valence-corrected chi connectivity index (χ4v) is 3.84. The molecule has 166 valence electrons. The number of nitrogens with two attached hydrogens (primary N) is 1. The number of hydrogen-bond acceptors (Lipinski definition) is 4. The van der Waals surface area contributed by atoms with Gasteiger partial charge in [0.2, 0.25) is 11.7 Å². The Morgan fingerprint density at radius 3 is 2.24 bits per heavy atom. The number of hydrogen-bond donors (Lipinski definition) is 2.